The van der Waals surface area contributed by atoms with Crippen LogP contribution < -0.4 is 10.6 Å². The lowest BCUT2D eigenvalue weighted by molar-refractivity contribution is -0.136. The number of amides is 2. The first kappa shape index (κ1) is 14.8. The van der Waals surface area contributed by atoms with Crippen molar-refractivity contribution in [3.05, 3.63) is 28.2 Å². The van der Waals surface area contributed by atoms with E-state index in [-0.39, 0.29) is 22.3 Å². The van der Waals surface area contributed by atoms with Crippen molar-refractivity contribution in [3.63, 3.8) is 0 Å². The molecule has 18 heavy (non-hydrogen) atoms. The molecule has 0 aliphatic carbocycles. The van der Waals surface area contributed by atoms with Gasteiger partial charge in [0, 0.05) is 6.54 Å². The van der Waals surface area contributed by atoms with E-state index in [1.807, 2.05) is 0 Å². The maximum atomic E-state index is 11.5. The molecule has 1 aromatic carbocycles. The van der Waals surface area contributed by atoms with E-state index in [1.165, 1.54) is 19.1 Å². The summed E-state index contributed by atoms with van der Waals surface area (Å²) >= 11 is 11.7. The Morgan fingerprint density at radius 1 is 1.28 bits per heavy atom. The SMILES string of the molecule is CC(O)CNC(=O)C(=O)Nc1c(Cl)cccc1Cl. The van der Waals surface area contributed by atoms with Gasteiger partial charge in [-0.15, -0.1) is 0 Å². The molecule has 0 saturated heterocycles. The summed E-state index contributed by atoms with van der Waals surface area (Å²) in [4.78, 5) is 22.9. The van der Waals surface area contributed by atoms with E-state index in [1.54, 1.807) is 6.07 Å². The Kier molecular flexibility index (Phi) is 5.40. The number of benzene rings is 1. The van der Waals surface area contributed by atoms with Crippen LogP contribution in [0.1, 0.15) is 6.92 Å². The average Bonchev–Trinajstić information content (AvgIpc) is 2.30. The van der Waals surface area contributed by atoms with Crippen LogP contribution in [0.2, 0.25) is 10.0 Å². The number of rotatable bonds is 3. The van der Waals surface area contributed by atoms with Crippen molar-refractivity contribution in [2.75, 3.05) is 11.9 Å². The van der Waals surface area contributed by atoms with Crippen LogP contribution in [-0.2, 0) is 9.59 Å². The number of halogens is 2. The van der Waals surface area contributed by atoms with E-state index >= 15 is 0 Å². The van der Waals surface area contributed by atoms with Crippen LogP contribution in [0.3, 0.4) is 0 Å². The summed E-state index contributed by atoms with van der Waals surface area (Å²) in [7, 11) is 0. The first-order valence-corrected chi connectivity index (χ1v) is 5.88. The molecule has 0 spiro atoms. The fourth-order valence-electron chi connectivity index (χ4n) is 1.11. The van der Waals surface area contributed by atoms with Gasteiger partial charge in [0.15, 0.2) is 0 Å². The lowest BCUT2D eigenvalue weighted by Crippen LogP contribution is -2.38. The Balaban J connectivity index is 2.67. The Morgan fingerprint density at radius 3 is 2.33 bits per heavy atom. The van der Waals surface area contributed by atoms with Crippen LogP contribution in [0, 0.1) is 0 Å². The Hall–Kier alpha value is -1.30. The zero-order chi connectivity index (χ0) is 13.7. The van der Waals surface area contributed by atoms with Gasteiger partial charge in [0.25, 0.3) is 0 Å². The Bertz CT molecular complexity index is 443. The molecule has 0 aliphatic heterocycles. The molecule has 1 aromatic rings. The molecule has 3 N–H and O–H groups in total. The van der Waals surface area contributed by atoms with Gasteiger partial charge in [-0.1, -0.05) is 29.3 Å². The molecule has 0 heterocycles. The van der Waals surface area contributed by atoms with Crippen LogP contribution in [-0.4, -0.2) is 29.6 Å². The molecule has 0 fully saturated rings. The highest BCUT2D eigenvalue weighted by Gasteiger charge is 2.16. The molecule has 0 saturated carbocycles. The first-order chi connectivity index (χ1) is 8.41. The molecule has 0 aromatic heterocycles. The minimum atomic E-state index is -0.898. The van der Waals surface area contributed by atoms with Gasteiger partial charge in [-0.25, -0.2) is 0 Å². The third-order valence-corrected chi connectivity index (χ3v) is 2.60. The second kappa shape index (κ2) is 6.58. The van der Waals surface area contributed by atoms with Crippen molar-refractivity contribution in [2.24, 2.45) is 0 Å². The molecule has 2 amide bonds. The molecule has 98 valence electrons. The second-order valence-corrected chi connectivity index (χ2v) is 4.42. The number of nitrogens with one attached hydrogen (secondary N) is 2. The van der Waals surface area contributed by atoms with Gasteiger partial charge in [0.1, 0.15) is 0 Å². The third-order valence-electron chi connectivity index (χ3n) is 1.97. The number of carbonyl (C=O) groups excluding carboxylic acids is 2. The number of anilines is 1. The number of aliphatic hydroxyl groups excluding tert-OH is 1. The standard InChI is InChI=1S/C11H12Cl2N2O3/c1-6(16)5-14-10(17)11(18)15-9-7(12)3-2-4-8(9)13/h2-4,6,16H,5H2,1H3,(H,14,17)(H,15,18). The molecule has 7 heteroatoms. The molecule has 1 atom stereocenters. The zero-order valence-electron chi connectivity index (χ0n) is 9.54. The minimum Gasteiger partial charge on any atom is -0.392 e. The van der Waals surface area contributed by atoms with Crippen molar-refractivity contribution in [3.8, 4) is 0 Å². The van der Waals surface area contributed by atoms with E-state index in [0.29, 0.717) is 0 Å². The molecule has 1 rings (SSSR count). The highest BCUT2D eigenvalue weighted by atomic mass is 35.5. The molecule has 5 nitrogen and oxygen atoms in total. The molecule has 0 bridgehead atoms. The topological polar surface area (TPSA) is 78.4 Å². The summed E-state index contributed by atoms with van der Waals surface area (Å²) < 4.78 is 0. The normalized spacial score (nSPS) is 11.8. The highest BCUT2D eigenvalue weighted by molar-refractivity contribution is 6.44. The van der Waals surface area contributed by atoms with Crippen molar-refractivity contribution in [1.29, 1.82) is 0 Å². The van der Waals surface area contributed by atoms with Crippen LogP contribution in [0.5, 0.6) is 0 Å². The summed E-state index contributed by atoms with van der Waals surface area (Å²) in [6, 6.07) is 4.70. The summed E-state index contributed by atoms with van der Waals surface area (Å²) in [5, 5.41) is 14.0. The van der Waals surface area contributed by atoms with E-state index in [9.17, 15) is 9.59 Å². The van der Waals surface area contributed by atoms with Crippen molar-refractivity contribution in [2.45, 2.75) is 13.0 Å². The third kappa shape index (κ3) is 4.18. The van der Waals surface area contributed by atoms with Gasteiger partial charge in [-0.2, -0.15) is 0 Å². The van der Waals surface area contributed by atoms with E-state index < -0.39 is 17.9 Å². The number of hydrogen-bond acceptors (Lipinski definition) is 3. The minimum absolute atomic E-state index is 0.0114. The fourth-order valence-corrected chi connectivity index (χ4v) is 1.60. The summed E-state index contributed by atoms with van der Waals surface area (Å²) in [5.41, 5.74) is 0.179. The first-order valence-electron chi connectivity index (χ1n) is 5.13. The second-order valence-electron chi connectivity index (χ2n) is 3.61. The monoisotopic (exact) mass is 290 g/mol. The Labute approximate surface area is 114 Å². The summed E-state index contributed by atoms with van der Waals surface area (Å²) in [6.45, 7) is 1.48. The largest absolute Gasteiger partial charge is 0.392 e. The van der Waals surface area contributed by atoms with Crippen LogP contribution in [0.25, 0.3) is 0 Å². The van der Waals surface area contributed by atoms with E-state index in [2.05, 4.69) is 10.6 Å². The number of carbonyl (C=O) groups is 2. The lowest BCUT2D eigenvalue weighted by atomic mass is 10.3. The number of aliphatic hydroxyl groups is 1. The fraction of sp³-hybridized carbons (Fsp3) is 0.273. The number of hydrogen-bond donors (Lipinski definition) is 3. The average molecular weight is 291 g/mol. The van der Waals surface area contributed by atoms with Gasteiger partial charge in [0.2, 0.25) is 0 Å². The smallest absolute Gasteiger partial charge is 0.313 e. The Morgan fingerprint density at radius 2 is 1.83 bits per heavy atom. The number of para-hydroxylation sites is 1. The van der Waals surface area contributed by atoms with Crippen molar-refractivity contribution < 1.29 is 14.7 Å². The van der Waals surface area contributed by atoms with E-state index in [4.69, 9.17) is 28.3 Å². The van der Waals surface area contributed by atoms with Crippen molar-refractivity contribution in [1.82, 2.24) is 5.32 Å². The van der Waals surface area contributed by atoms with Gasteiger partial charge < -0.3 is 15.7 Å². The van der Waals surface area contributed by atoms with Crippen molar-refractivity contribution >= 4 is 40.7 Å². The van der Waals surface area contributed by atoms with Gasteiger partial charge in [0.05, 0.1) is 21.8 Å². The molecule has 0 radical (unpaired) electrons. The van der Waals surface area contributed by atoms with Gasteiger partial charge in [-0.05, 0) is 19.1 Å². The summed E-state index contributed by atoms with van der Waals surface area (Å²) in [6.07, 6.45) is -0.731. The predicted octanol–water partition coefficient (Wildman–Crippen LogP) is 1.43. The molecule has 1 unspecified atom stereocenters. The summed E-state index contributed by atoms with van der Waals surface area (Å²) in [5.74, 6) is -1.77. The van der Waals surface area contributed by atoms with Gasteiger partial charge >= 0.3 is 11.8 Å². The zero-order valence-corrected chi connectivity index (χ0v) is 11.0. The molecular weight excluding hydrogens is 279 g/mol. The maximum Gasteiger partial charge on any atom is 0.313 e. The predicted molar refractivity (Wildman–Crippen MR) is 69.8 cm³/mol. The lowest BCUT2D eigenvalue weighted by Gasteiger charge is -2.10. The molecule has 0 aliphatic rings. The van der Waals surface area contributed by atoms with Crippen LogP contribution >= 0.6 is 23.2 Å². The maximum absolute atomic E-state index is 11.5. The van der Waals surface area contributed by atoms with Crippen LogP contribution in [0.4, 0.5) is 5.69 Å². The molecular formula is C11H12Cl2N2O3. The van der Waals surface area contributed by atoms with Gasteiger partial charge in [-0.3, -0.25) is 9.59 Å². The van der Waals surface area contributed by atoms with E-state index in [0.717, 1.165) is 0 Å². The quantitative estimate of drug-likeness (QED) is 0.737. The van der Waals surface area contributed by atoms with Crippen LogP contribution in [0.15, 0.2) is 18.2 Å². The highest BCUT2D eigenvalue weighted by Crippen LogP contribution is 2.29.